The number of nitrogens with one attached hydrogen (secondary N) is 1. The van der Waals surface area contributed by atoms with Gasteiger partial charge in [0.15, 0.2) is 0 Å². The molecule has 0 aliphatic carbocycles. The maximum absolute atomic E-state index is 13.6. The van der Waals surface area contributed by atoms with Crippen LogP contribution >= 0.6 is 15.9 Å². The van der Waals surface area contributed by atoms with Crippen molar-refractivity contribution >= 4 is 21.6 Å². The van der Waals surface area contributed by atoms with Crippen LogP contribution in [-0.4, -0.2) is 0 Å². The summed E-state index contributed by atoms with van der Waals surface area (Å²) in [5.74, 6) is 0.427. The highest BCUT2D eigenvalue weighted by atomic mass is 79.9. The molecule has 96 valence electrons. The Balaban J connectivity index is 2.21. The molecule has 0 fully saturated rings. The van der Waals surface area contributed by atoms with E-state index in [1.807, 2.05) is 19.9 Å². The van der Waals surface area contributed by atoms with Gasteiger partial charge in [0, 0.05) is 6.07 Å². The van der Waals surface area contributed by atoms with Crippen LogP contribution in [0.1, 0.15) is 24.5 Å². The first kappa shape index (κ1) is 13.1. The van der Waals surface area contributed by atoms with Crippen LogP contribution in [0.5, 0.6) is 0 Å². The molecule has 2 aromatic rings. The standard InChI is InChI=1S/C13H12BrF2NO/c1-7-3-4-13(18-7)8(2)17-12-6-10(15)9(14)5-11(12)16/h3-6,8,17H,1-2H3. The molecule has 0 aliphatic heterocycles. The van der Waals surface area contributed by atoms with Crippen LogP contribution in [0.25, 0.3) is 0 Å². The number of furan rings is 1. The zero-order valence-electron chi connectivity index (χ0n) is 9.93. The van der Waals surface area contributed by atoms with Crippen LogP contribution in [0, 0.1) is 18.6 Å². The Hall–Kier alpha value is -1.36. The summed E-state index contributed by atoms with van der Waals surface area (Å²) in [5.41, 5.74) is 0.109. The zero-order valence-corrected chi connectivity index (χ0v) is 11.5. The molecule has 0 bridgehead atoms. The molecule has 5 heteroatoms. The Bertz CT molecular complexity index is 568. The number of halogens is 3. The van der Waals surface area contributed by atoms with Crippen LogP contribution in [0.3, 0.4) is 0 Å². The average Bonchev–Trinajstić information content (AvgIpc) is 2.73. The topological polar surface area (TPSA) is 25.2 Å². The minimum atomic E-state index is -0.515. The number of hydrogen-bond acceptors (Lipinski definition) is 2. The largest absolute Gasteiger partial charge is 0.464 e. The van der Waals surface area contributed by atoms with E-state index in [0.717, 1.165) is 17.9 Å². The van der Waals surface area contributed by atoms with Gasteiger partial charge in [-0.05, 0) is 48.0 Å². The van der Waals surface area contributed by atoms with Crippen molar-refractivity contribution in [3.8, 4) is 0 Å². The van der Waals surface area contributed by atoms with Crippen LogP contribution in [0.15, 0.2) is 33.2 Å². The summed E-state index contributed by atoms with van der Waals surface area (Å²) in [6.45, 7) is 3.65. The maximum atomic E-state index is 13.6. The van der Waals surface area contributed by atoms with Crippen molar-refractivity contribution in [3.63, 3.8) is 0 Å². The lowest BCUT2D eigenvalue weighted by molar-refractivity contribution is 0.466. The third-order valence-corrected chi connectivity index (χ3v) is 3.18. The van der Waals surface area contributed by atoms with E-state index >= 15 is 0 Å². The molecule has 0 amide bonds. The summed E-state index contributed by atoms with van der Waals surface area (Å²) in [6.07, 6.45) is 0. The van der Waals surface area contributed by atoms with Gasteiger partial charge in [-0.2, -0.15) is 0 Å². The number of hydrogen-bond donors (Lipinski definition) is 1. The molecule has 1 heterocycles. The molecule has 0 saturated heterocycles. The molecule has 1 aromatic heterocycles. The molecule has 18 heavy (non-hydrogen) atoms. The molecule has 2 nitrogen and oxygen atoms in total. The van der Waals surface area contributed by atoms with Gasteiger partial charge in [-0.15, -0.1) is 0 Å². The summed E-state index contributed by atoms with van der Waals surface area (Å²) in [6, 6.07) is 5.60. The van der Waals surface area contributed by atoms with Crippen molar-refractivity contribution < 1.29 is 13.2 Å². The van der Waals surface area contributed by atoms with Gasteiger partial charge in [0.1, 0.15) is 23.2 Å². The Kier molecular flexibility index (Phi) is 3.71. The normalized spacial score (nSPS) is 12.5. The molecule has 1 unspecified atom stereocenters. The predicted octanol–water partition coefficient (Wildman–Crippen LogP) is 4.80. The molecular weight excluding hydrogens is 304 g/mol. The highest BCUT2D eigenvalue weighted by Crippen LogP contribution is 2.27. The van der Waals surface area contributed by atoms with Gasteiger partial charge < -0.3 is 9.73 Å². The molecule has 0 aliphatic rings. The fourth-order valence-corrected chi connectivity index (χ4v) is 1.94. The van der Waals surface area contributed by atoms with Gasteiger partial charge >= 0.3 is 0 Å². The number of anilines is 1. The Morgan fingerprint density at radius 2 is 1.94 bits per heavy atom. The Labute approximate surface area is 112 Å². The maximum Gasteiger partial charge on any atom is 0.147 e. The summed E-state index contributed by atoms with van der Waals surface area (Å²) < 4.78 is 32.5. The van der Waals surface area contributed by atoms with Crippen LogP contribution < -0.4 is 5.32 Å². The molecule has 0 radical (unpaired) electrons. The SMILES string of the molecule is Cc1ccc(C(C)Nc2cc(F)c(Br)cc2F)o1. The van der Waals surface area contributed by atoms with Crippen molar-refractivity contribution in [1.29, 1.82) is 0 Å². The molecule has 0 spiro atoms. The first-order valence-electron chi connectivity index (χ1n) is 5.45. The lowest BCUT2D eigenvalue weighted by Crippen LogP contribution is -2.07. The van der Waals surface area contributed by atoms with Crippen molar-refractivity contribution in [1.82, 2.24) is 0 Å². The predicted molar refractivity (Wildman–Crippen MR) is 69.5 cm³/mol. The molecule has 2 rings (SSSR count). The van der Waals surface area contributed by atoms with Crippen molar-refractivity contribution in [3.05, 3.63) is 51.9 Å². The lowest BCUT2D eigenvalue weighted by atomic mass is 10.2. The second-order valence-corrected chi connectivity index (χ2v) is 4.91. The molecule has 1 atom stereocenters. The van der Waals surface area contributed by atoms with Gasteiger partial charge in [-0.3, -0.25) is 0 Å². The lowest BCUT2D eigenvalue weighted by Gasteiger charge is -2.14. The number of benzene rings is 1. The van der Waals surface area contributed by atoms with E-state index in [0.29, 0.717) is 5.76 Å². The third-order valence-electron chi connectivity index (χ3n) is 2.57. The molecular formula is C13H12BrF2NO. The second kappa shape index (κ2) is 5.10. The van der Waals surface area contributed by atoms with E-state index in [9.17, 15) is 8.78 Å². The summed E-state index contributed by atoms with van der Waals surface area (Å²) in [7, 11) is 0. The van der Waals surface area contributed by atoms with Crippen LogP contribution in [0.2, 0.25) is 0 Å². The average molecular weight is 316 g/mol. The van der Waals surface area contributed by atoms with Crippen molar-refractivity contribution in [2.24, 2.45) is 0 Å². The van der Waals surface area contributed by atoms with E-state index in [-0.39, 0.29) is 16.2 Å². The van der Waals surface area contributed by atoms with E-state index in [2.05, 4.69) is 21.2 Å². The van der Waals surface area contributed by atoms with Gasteiger partial charge in [0.05, 0.1) is 16.2 Å². The fourth-order valence-electron chi connectivity index (χ4n) is 1.62. The highest BCUT2D eigenvalue weighted by molar-refractivity contribution is 9.10. The Morgan fingerprint density at radius 1 is 1.22 bits per heavy atom. The van der Waals surface area contributed by atoms with Crippen LogP contribution in [-0.2, 0) is 0 Å². The van der Waals surface area contributed by atoms with Gasteiger partial charge in [-0.1, -0.05) is 0 Å². The minimum absolute atomic E-state index is 0.104. The zero-order chi connectivity index (χ0) is 13.3. The molecule has 1 N–H and O–H groups in total. The van der Waals surface area contributed by atoms with Gasteiger partial charge in [0.2, 0.25) is 0 Å². The number of rotatable bonds is 3. The van der Waals surface area contributed by atoms with Gasteiger partial charge in [-0.25, -0.2) is 8.78 Å². The smallest absolute Gasteiger partial charge is 0.147 e. The molecule has 0 saturated carbocycles. The van der Waals surface area contributed by atoms with Gasteiger partial charge in [0.25, 0.3) is 0 Å². The monoisotopic (exact) mass is 315 g/mol. The van der Waals surface area contributed by atoms with Crippen molar-refractivity contribution in [2.45, 2.75) is 19.9 Å². The molecule has 1 aromatic carbocycles. The van der Waals surface area contributed by atoms with E-state index in [1.54, 1.807) is 6.07 Å². The number of aryl methyl sites for hydroxylation is 1. The minimum Gasteiger partial charge on any atom is -0.464 e. The van der Waals surface area contributed by atoms with Crippen LogP contribution in [0.4, 0.5) is 14.5 Å². The second-order valence-electron chi connectivity index (χ2n) is 4.06. The first-order valence-corrected chi connectivity index (χ1v) is 6.24. The van der Waals surface area contributed by atoms with Crippen molar-refractivity contribution in [2.75, 3.05) is 5.32 Å². The van der Waals surface area contributed by atoms with E-state index in [4.69, 9.17) is 4.42 Å². The summed E-state index contributed by atoms with van der Waals surface area (Å²) in [4.78, 5) is 0. The Morgan fingerprint density at radius 3 is 2.56 bits per heavy atom. The van der Waals surface area contributed by atoms with E-state index < -0.39 is 11.6 Å². The third kappa shape index (κ3) is 2.72. The van der Waals surface area contributed by atoms with E-state index in [1.165, 1.54) is 0 Å². The fraction of sp³-hybridized carbons (Fsp3) is 0.231. The highest BCUT2D eigenvalue weighted by Gasteiger charge is 2.13. The summed E-state index contributed by atoms with van der Waals surface area (Å²) >= 11 is 2.93. The summed E-state index contributed by atoms with van der Waals surface area (Å²) in [5, 5.41) is 2.88. The quantitative estimate of drug-likeness (QED) is 0.823. The first-order chi connectivity index (χ1) is 8.47.